The van der Waals surface area contributed by atoms with Crippen LogP contribution in [0.2, 0.25) is 0 Å². The summed E-state index contributed by atoms with van der Waals surface area (Å²) in [5.74, 6) is -0.441. The van der Waals surface area contributed by atoms with Crippen LogP contribution in [0.3, 0.4) is 0 Å². The lowest BCUT2D eigenvalue weighted by molar-refractivity contribution is -0.247. The molecule has 1 aromatic carbocycles. The van der Waals surface area contributed by atoms with Crippen molar-refractivity contribution in [3.05, 3.63) is 30.3 Å². The zero-order valence-electron chi connectivity index (χ0n) is 12.7. The van der Waals surface area contributed by atoms with Gasteiger partial charge in [0.15, 0.2) is 5.44 Å². The Kier molecular flexibility index (Phi) is 3.54. The fourth-order valence-electron chi connectivity index (χ4n) is 2.93. The molecule has 2 saturated heterocycles. The maximum atomic E-state index is 12.7. The number of rotatable bonds is 2. The van der Waals surface area contributed by atoms with Crippen molar-refractivity contribution < 1.29 is 22.8 Å². The lowest BCUT2D eigenvalue weighted by atomic mass is 9.94. The van der Waals surface area contributed by atoms with Crippen molar-refractivity contribution in [1.29, 1.82) is 0 Å². The molecule has 0 spiro atoms. The molecule has 2 fully saturated rings. The van der Waals surface area contributed by atoms with Gasteiger partial charge in [0.05, 0.1) is 10.9 Å². The van der Waals surface area contributed by atoms with Gasteiger partial charge in [0.25, 0.3) is 0 Å². The summed E-state index contributed by atoms with van der Waals surface area (Å²) >= 11 is 0. The first-order chi connectivity index (χ1) is 10.3. The molecular weight excluding hydrogens is 306 g/mol. The van der Waals surface area contributed by atoms with E-state index in [0.717, 1.165) is 0 Å². The van der Waals surface area contributed by atoms with Gasteiger partial charge >= 0.3 is 5.97 Å². The van der Waals surface area contributed by atoms with E-state index in [1.54, 1.807) is 32.0 Å². The van der Waals surface area contributed by atoms with Gasteiger partial charge in [-0.15, -0.1) is 0 Å². The molecule has 2 aliphatic heterocycles. The van der Waals surface area contributed by atoms with Crippen LogP contribution in [0.4, 0.5) is 0 Å². The predicted octanol–water partition coefficient (Wildman–Crippen LogP) is 1.52. The first-order valence-corrected chi connectivity index (χ1v) is 8.77. The van der Waals surface area contributed by atoms with Crippen LogP contribution in [-0.2, 0) is 24.2 Å². The van der Waals surface area contributed by atoms with Gasteiger partial charge < -0.3 is 4.74 Å². The maximum absolute atomic E-state index is 12.7. The summed E-state index contributed by atoms with van der Waals surface area (Å²) in [7, 11) is -3.67. The van der Waals surface area contributed by atoms with E-state index in [2.05, 4.69) is 0 Å². The lowest BCUT2D eigenvalue weighted by Gasteiger charge is -2.42. The maximum Gasteiger partial charge on any atom is 0.329 e. The molecule has 3 rings (SSSR count). The molecule has 2 heterocycles. The number of esters is 1. The fourth-order valence-corrected chi connectivity index (χ4v) is 4.52. The van der Waals surface area contributed by atoms with Crippen molar-refractivity contribution in [3.8, 4) is 0 Å². The number of benzene rings is 1. The van der Waals surface area contributed by atoms with E-state index in [4.69, 9.17) is 9.57 Å². The molecule has 0 aromatic heterocycles. The van der Waals surface area contributed by atoms with Gasteiger partial charge in [-0.05, 0) is 32.9 Å². The molecular formula is C15H19NO5S. The lowest BCUT2D eigenvalue weighted by Crippen LogP contribution is -2.60. The molecule has 22 heavy (non-hydrogen) atoms. The van der Waals surface area contributed by atoms with Crippen LogP contribution in [0, 0.1) is 0 Å². The average Bonchev–Trinajstić information content (AvgIpc) is 2.87. The molecule has 0 radical (unpaired) electrons. The minimum atomic E-state index is -3.67. The van der Waals surface area contributed by atoms with Crippen molar-refractivity contribution in [3.63, 3.8) is 0 Å². The summed E-state index contributed by atoms with van der Waals surface area (Å²) in [5, 5.41) is 1.49. The molecule has 0 unspecified atom stereocenters. The second-order valence-corrected chi connectivity index (χ2v) is 8.14. The Hall–Kier alpha value is -1.44. The molecule has 0 bridgehead atoms. The van der Waals surface area contributed by atoms with Crippen LogP contribution >= 0.6 is 0 Å². The monoisotopic (exact) mass is 325 g/mol. The third-order valence-electron chi connectivity index (χ3n) is 4.48. The topological polar surface area (TPSA) is 72.9 Å². The van der Waals surface area contributed by atoms with Crippen LogP contribution in [0.25, 0.3) is 0 Å². The number of sulfone groups is 1. The Morgan fingerprint density at radius 2 is 1.86 bits per heavy atom. The number of carbonyl (C=O) groups excluding carboxylic acids is 1. The molecule has 0 amide bonds. The summed E-state index contributed by atoms with van der Waals surface area (Å²) < 4.78 is 30.7. The van der Waals surface area contributed by atoms with E-state index in [1.807, 2.05) is 6.92 Å². The van der Waals surface area contributed by atoms with E-state index in [9.17, 15) is 13.2 Å². The van der Waals surface area contributed by atoms with Gasteiger partial charge in [0, 0.05) is 6.42 Å². The second-order valence-electron chi connectivity index (χ2n) is 6.05. The fraction of sp³-hybridized carbons (Fsp3) is 0.533. The number of hydrogen-bond donors (Lipinski definition) is 0. The highest BCUT2D eigenvalue weighted by Gasteiger charge is 2.59. The van der Waals surface area contributed by atoms with Gasteiger partial charge in [0.1, 0.15) is 11.6 Å². The van der Waals surface area contributed by atoms with Crippen LogP contribution in [0.1, 0.15) is 27.2 Å². The number of cyclic esters (lactones) is 1. The molecule has 1 aromatic rings. The van der Waals surface area contributed by atoms with Gasteiger partial charge in [-0.1, -0.05) is 18.2 Å². The SMILES string of the molecule is C[C@@H]1[C@@H](C)OC(=O)[C@@]2(C)C[C@@H](S(=O)(=O)c3ccccc3)ON12. The highest BCUT2D eigenvalue weighted by atomic mass is 32.2. The zero-order chi connectivity index (χ0) is 16.1. The van der Waals surface area contributed by atoms with E-state index >= 15 is 0 Å². The minimum Gasteiger partial charge on any atom is -0.459 e. The van der Waals surface area contributed by atoms with Crippen LogP contribution in [0.15, 0.2) is 35.2 Å². The molecule has 0 saturated carbocycles. The smallest absolute Gasteiger partial charge is 0.329 e. The Morgan fingerprint density at radius 1 is 1.23 bits per heavy atom. The van der Waals surface area contributed by atoms with Crippen molar-refractivity contribution in [2.24, 2.45) is 0 Å². The van der Waals surface area contributed by atoms with E-state index in [1.165, 1.54) is 17.2 Å². The number of hydroxylamine groups is 2. The molecule has 0 N–H and O–H groups in total. The average molecular weight is 325 g/mol. The summed E-state index contributed by atoms with van der Waals surface area (Å²) in [4.78, 5) is 18.1. The Bertz CT molecular complexity index is 689. The van der Waals surface area contributed by atoms with Gasteiger partial charge in [0.2, 0.25) is 9.84 Å². The van der Waals surface area contributed by atoms with Crippen molar-refractivity contribution in [1.82, 2.24) is 5.06 Å². The molecule has 4 atom stereocenters. The summed E-state index contributed by atoms with van der Waals surface area (Å²) in [5.41, 5.74) is -2.15. The van der Waals surface area contributed by atoms with E-state index < -0.39 is 26.8 Å². The van der Waals surface area contributed by atoms with E-state index in [-0.39, 0.29) is 23.5 Å². The highest BCUT2D eigenvalue weighted by molar-refractivity contribution is 7.92. The standard InChI is InChI=1S/C15H19NO5S/c1-10-11(2)20-14(17)15(3)9-13(21-16(10)15)22(18,19)12-7-5-4-6-8-12/h4-8,10-11,13H,9H2,1-3H3/t10-,11-,13-,15-/m1/s1. The summed E-state index contributed by atoms with van der Waals surface area (Å²) in [6.45, 7) is 5.29. The molecule has 0 aliphatic carbocycles. The van der Waals surface area contributed by atoms with Crippen molar-refractivity contribution >= 4 is 15.8 Å². The Balaban J connectivity index is 1.95. The normalized spacial score (nSPS) is 36.0. The molecule has 120 valence electrons. The molecule has 6 nitrogen and oxygen atoms in total. The van der Waals surface area contributed by atoms with Crippen LogP contribution in [-0.4, -0.2) is 42.6 Å². The molecule has 2 aliphatic rings. The summed E-state index contributed by atoms with van der Waals surface area (Å²) in [6.07, 6.45) is -0.293. The second kappa shape index (κ2) is 5.04. The first kappa shape index (κ1) is 15.5. The number of fused-ring (bicyclic) bond motifs is 1. The predicted molar refractivity (Wildman–Crippen MR) is 78.4 cm³/mol. The number of morpholine rings is 1. The van der Waals surface area contributed by atoms with Gasteiger partial charge in [-0.3, -0.25) is 4.84 Å². The van der Waals surface area contributed by atoms with Crippen LogP contribution in [0.5, 0.6) is 0 Å². The van der Waals surface area contributed by atoms with Crippen LogP contribution < -0.4 is 0 Å². The zero-order valence-corrected chi connectivity index (χ0v) is 13.5. The molecule has 7 heteroatoms. The first-order valence-electron chi connectivity index (χ1n) is 7.23. The highest BCUT2D eigenvalue weighted by Crippen LogP contribution is 2.42. The summed E-state index contributed by atoms with van der Waals surface area (Å²) in [6, 6.07) is 7.93. The van der Waals surface area contributed by atoms with Gasteiger partial charge in [-0.25, -0.2) is 13.2 Å². The van der Waals surface area contributed by atoms with Crippen molar-refractivity contribution in [2.45, 2.75) is 55.2 Å². The number of carbonyl (C=O) groups is 1. The number of hydrogen-bond acceptors (Lipinski definition) is 6. The number of ether oxygens (including phenoxy) is 1. The minimum absolute atomic E-state index is 0.0557. The Morgan fingerprint density at radius 3 is 2.50 bits per heavy atom. The Labute approximate surface area is 129 Å². The largest absolute Gasteiger partial charge is 0.459 e. The van der Waals surface area contributed by atoms with Gasteiger partial charge in [-0.2, -0.15) is 5.06 Å². The number of nitrogens with zero attached hydrogens (tertiary/aromatic N) is 1. The quantitative estimate of drug-likeness (QED) is 0.768. The van der Waals surface area contributed by atoms with E-state index in [0.29, 0.717) is 0 Å². The third-order valence-corrected chi connectivity index (χ3v) is 6.36. The van der Waals surface area contributed by atoms with Crippen molar-refractivity contribution in [2.75, 3.05) is 0 Å². The third kappa shape index (κ3) is 2.15.